The van der Waals surface area contributed by atoms with Crippen molar-refractivity contribution in [3.63, 3.8) is 0 Å². The summed E-state index contributed by atoms with van der Waals surface area (Å²) in [5, 5.41) is 37.9. The van der Waals surface area contributed by atoms with Crippen molar-refractivity contribution in [1.29, 1.82) is 0 Å². The third kappa shape index (κ3) is 15.6. The van der Waals surface area contributed by atoms with Crippen LogP contribution in [0.4, 0.5) is 0 Å². The van der Waals surface area contributed by atoms with Crippen LogP contribution in [-0.4, -0.2) is 86.6 Å². The van der Waals surface area contributed by atoms with Gasteiger partial charge in [-0.25, -0.2) is 9.59 Å². The zero-order valence-corrected chi connectivity index (χ0v) is 22.2. The molecule has 0 aliphatic rings. The minimum atomic E-state index is -1.48. The lowest BCUT2D eigenvalue weighted by Crippen LogP contribution is -2.53. The van der Waals surface area contributed by atoms with Crippen LogP contribution in [-0.2, 0) is 28.8 Å². The van der Waals surface area contributed by atoms with Crippen LogP contribution in [0.2, 0.25) is 0 Å². The van der Waals surface area contributed by atoms with Crippen LogP contribution in [0, 0.1) is 0 Å². The molecule has 37 heavy (non-hydrogen) atoms. The van der Waals surface area contributed by atoms with Crippen molar-refractivity contribution in [3.05, 3.63) is 23.0 Å². The lowest BCUT2D eigenvalue weighted by atomic mass is 10.1. The average Bonchev–Trinajstić information content (AvgIpc) is 2.83. The van der Waals surface area contributed by atoms with Crippen LogP contribution in [0.1, 0.15) is 39.5 Å². The smallest absolute Gasteiger partial charge is 0.327 e. The van der Waals surface area contributed by atoms with Crippen molar-refractivity contribution in [1.82, 2.24) is 16.0 Å². The second-order valence-corrected chi connectivity index (χ2v) is 9.48. The molecule has 3 amide bonds. The first-order chi connectivity index (χ1) is 17.4. The molecular formula is C22H34N4O9S2. The van der Waals surface area contributed by atoms with Gasteiger partial charge in [0.2, 0.25) is 17.7 Å². The van der Waals surface area contributed by atoms with E-state index in [1.165, 1.54) is 23.5 Å². The number of allylic oxidation sites excluding steroid dienone is 2. The standard InChI is InChI=1S/C22H34N4O9S2/c1-3-9-36-11-15(24-17(27)7-5-13(23)20(30)31)19(29)26-14(21(32)33)6-8-18(28)25-16(22(34)35)12-37-10-4-2/h3-4,9-10,13-16H,5-8,11-12,23H2,1-2H3,(H,24,27)(H,25,28)(H,26,29)(H,30,31)(H,32,33)(H,34,35). The van der Waals surface area contributed by atoms with E-state index in [2.05, 4.69) is 16.0 Å². The Kier molecular flexibility index (Phi) is 17.6. The summed E-state index contributed by atoms with van der Waals surface area (Å²) in [6.45, 7) is 3.50. The van der Waals surface area contributed by atoms with Crippen molar-refractivity contribution < 1.29 is 44.1 Å². The van der Waals surface area contributed by atoms with E-state index in [4.69, 9.17) is 10.8 Å². The van der Waals surface area contributed by atoms with Crippen LogP contribution in [0.15, 0.2) is 23.0 Å². The van der Waals surface area contributed by atoms with E-state index >= 15 is 0 Å². The van der Waals surface area contributed by atoms with Gasteiger partial charge in [-0.05, 0) is 37.5 Å². The van der Waals surface area contributed by atoms with Gasteiger partial charge in [0.15, 0.2) is 0 Å². The van der Waals surface area contributed by atoms with Crippen LogP contribution in [0.25, 0.3) is 0 Å². The summed E-state index contributed by atoms with van der Waals surface area (Å²) in [6.07, 6.45) is 2.31. The molecule has 208 valence electrons. The molecule has 0 aromatic heterocycles. The maximum atomic E-state index is 12.8. The van der Waals surface area contributed by atoms with Crippen molar-refractivity contribution in [2.24, 2.45) is 5.73 Å². The Labute approximate surface area is 223 Å². The number of hydrogen-bond acceptors (Lipinski definition) is 9. The third-order valence-electron chi connectivity index (χ3n) is 4.55. The SMILES string of the molecule is CC=CSCC(NC(=O)CCC(NC(=O)C(CSC=CC)NC(=O)CCC(N)C(=O)O)C(=O)O)C(=O)O. The first kappa shape index (κ1) is 34.0. The molecule has 0 bridgehead atoms. The van der Waals surface area contributed by atoms with Gasteiger partial charge in [0.05, 0.1) is 0 Å². The molecule has 0 saturated carbocycles. The Morgan fingerprint density at radius 1 is 0.703 bits per heavy atom. The summed E-state index contributed by atoms with van der Waals surface area (Å²) < 4.78 is 0. The molecular weight excluding hydrogens is 528 g/mol. The molecule has 4 unspecified atom stereocenters. The van der Waals surface area contributed by atoms with Gasteiger partial charge in [-0.1, -0.05) is 12.2 Å². The molecule has 0 saturated heterocycles. The van der Waals surface area contributed by atoms with E-state index in [-0.39, 0.29) is 37.2 Å². The largest absolute Gasteiger partial charge is 0.480 e. The zero-order valence-electron chi connectivity index (χ0n) is 20.5. The second kappa shape index (κ2) is 19.1. The molecule has 0 heterocycles. The fraction of sp³-hybridized carbons (Fsp3) is 0.545. The summed E-state index contributed by atoms with van der Waals surface area (Å²) in [5.74, 6) is -5.95. The van der Waals surface area contributed by atoms with Gasteiger partial charge < -0.3 is 37.0 Å². The molecule has 0 rings (SSSR count). The number of rotatable bonds is 19. The first-order valence-electron chi connectivity index (χ1n) is 11.2. The van der Waals surface area contributed by atoms with Crippen LogP contribution < -0.4 is 21.7 Å². The second-order valence-electron chi connectivity index (χ2n) is 7.61. The Morgan fingerprint density at radius 2 is 1.16 bits per heavy atom. The number of nitrogens with one attached hydrogen (secondary N) is 3. The molecule has 13 nitrogen and oxygen atoms in total. The van der Waals surface area contributed by atoms with Crippen molar-refractivity contribution in [2.45, 2.75) is 63.7 Å². The summed E-state index contributed by atoms with van der Waals surface area (Å²) in [5.41, 5.74) is 5.38. The molecule has 4 atom stereocenters. The van der Waals surface area contributed by atoms with Crippen molar-refractivity contribution in [3.8, 4) is 0 Å². The van der Waals surface area contributed by atoms with E-state index in [9.17, 15) is 39.0 Å². The summed E-state index contributed by atoms with van der Waals surface area (Å²) in [7, 11) is 0. The van der Waals surface area contributed by atoms with Gasteiger partial charge in [-0.15, -0.1) is 23.5 Å². The Balaban J connectivity index is 5.13. The minimum absolute atomic E-state index is 0.0594. The average molecular weight is 563 g/mol. The molecule has 0 fully saturated rings. The quantitative estimate of drug-likeness (QED) is 0.111. The van der Waals surface area contributed by atoms with Crippen molar-refractivity contribution >= 4 is 59.2 Å². The highest BCUT2D eigenvalue weighted by molar-refractivity contribution is 8.02. The fourth-order valence-corrected chi connectivity index (χ4v) is 4.05. The minimum Gasteiger partial charge on any atom is -0.480 e. The Hall–Kier alpha value is -3.04. The zero-order chi connectivity index (χ0) is 28.4. The number of nitrogens with two attached hydrogens (primary N) is 1. The normalized spacial score (nSPS) is 14.5. The highest BCUT2D eigenvalue weighted by Gasteiger charge is 2.28. The number of carboxylic acid groups (broad SMARTS) is 3. The van der Waals surface area contributed by atoms with Crippen LogP contribution in [0.5, 0.6) is 0 Å². The lowest BCUT2D eigenvalue weighted by molar-refractivity contribution is -0.143. The van der Waals surface area contributed by atoms with E-state index in [1.807, 2.05) is 0 Å². The molecule has 0 spiro atoms. The molecule has 0 aliphatic carbocycles. The van der Waals surface area contributed by atoms with Gasteiger partial charge in [0.1, 0.15) is 24.2 Å². The topological polar surface area (TPSA) is 225 Å². The summed E-state index contributed by atoms with van der Waals surface area (Å²) >= 11 is 2.37. The van der Waals surface area contributed by atoms with Crippen molar-refractivity contribution in [2.75, 3.05) is 11.5 Å². The molecule has 15 heteroatoms. The predicted octanol–water partition coefficient (Wildman–Crippen LogP) is 0.116. The molecule has 0 aliphatic heterocycles. The van der Waals surface area contributed by atoms with Gasteiger partial charge in [0.25, 0.3) is 0 Å². The summed E-state index contributed by atoms with van der Waals surface area (Å²) in [6, 6.07) is -5.06. The van der Waals surface area contributed by atoms with Gasteiger partial charge in [-0.3, -0.25) is 19.2 Å². The predicted molar refractivity (Wildman–Crippen MR) is 140 cm³/mol. The summed E-state index contributed by atoms with van der Waals surface area (Å²) in [4.78, 5) is 71.0. The monoisotopic (exact) mass is 562 g/mol. The molecule has 8 N–H and O–H groups in total. The Morgan fingerprint density at radius 3 is 1.62 bits per heavy atom. The number of carbonyl (C=O) groups excluding carboxylic acids is 3. The third-order valence-corrected chi connectivity index (χ3v) is 6.53. The lowest BCUT2D eigenvalue weighted by Gasteiger charge is -2.21. The maximum absolute atomic E-state index is 12.8. The van der Waals surface area contributed by atoms with Gasteiger partial charge in [0, 0.05) is 24.3 Å². The van der Waals surface area contributed by atoms with E-state index in [1.54, 1.807) is 36.8 Å². The maximum Gasteiger partial charge on any atom is 0.327 e. The van der Waals surface area contributed by atoms with Gasteiger partial charge >= 0.3 is 17.9 Å². The molecule has 0 radical (unpaired) electrons. The number of carbonyl (C=O) groups is 6. The van der Waals surface area contributed by atoms with E-state index in [0.717, 1.165) is 0 Å². The van der Waals surface area contributed by atoms with Gasteiger partial charge in [-0.2, -0.15) is 0 Å². The number of thioether (sulfide) groups is 2. The van der Waals surface area contributed by atoms with Crippen LogP contribution >= 0.6 is 23.5 Å². The number of aliphatic carboxylic acids is 3. The van der Waals surface area contributed by atoms with Crippen LogP contribution in [0.3, 0.4) is 0 Å². The highest BCUT2D eigenvalue weighted by atomic mass is 32.2. The van der Waals surface area contributed by atoms with E-state index < -0.39 is 59.8 Å². The first-order valence-corrected chi connectivity index (χ1v) is 13.3. The highest BCUT2D eigenvalue weighted by Crippen LogP contribution is 2.09. The number of carboxylic acids is 3. The number of hydrogen-bond donors (Lipinski definition) is 7. The fourth-order valence-electron chi connectivity index (χ4n) is 2.60. The number of amides is 3. The molecule has 0 aromatic carbocycles. The molecule has 0 aromatic rings. The van der Waals surface area contributed by atoms with E-state index in [0.29, 0.717) is 0 Å². The Bertz CT molecular complexity index is 867.